The van der Waals surface area contributed by atoms with Gasteiger partial charge in [0.15, 0.2) is 0 Å². The van der Waals surface area contributed by atoms with Gasteiger partial charge >= 0.3 is 0 Å². The Balaban J connectivity index is 2.29. The van der Waals surface area contributed by atoms with Gasteiger partial charge in [0, 0.05) is 22.1 Å². The minimum absolute atomic E-state index is 0.0444. The Kier molecular flexibility index (Phi) is 3.73. The number of hydrogen-bond acceptors (Lipinski definition) is 5. The van der Waals surface area contributed by atoms with Crippen LogP contribution in [0.25, 0.3) is 0 Å². The number of nitrogens with zero attached hydrogens (tertiary/aromatic N) is 1. The summed E-state index contributed by atoms with van der Waals surface area (Å²) in [7, 11) is 1.66. The molecule has 0 aromatic carbocycles. The molecule has 1 unspecified atom stereocenters. The van der Waals surface area contributed by atoms with Gasteiger partial charge in [0.05, 0.1) is 13.2 Å². The van der Waals surface area contributed by atoms with Gasteiger partial charge in [-0.1, -0.05) is 6.07 Å². The number of nitrogens with two attached hydrogens (primary N) is 1. The van der Waals surface area contributed by atoms with E-state index in [9.17, 15) is 0 Å². The third-order valence-electron chi connectivity index (χ3n) is 2.55. The lowest BCUT2D eigenvalue weighted by Crippen LogP contribution is -2.28. The van der Waals surface area contributed by atoms with E-state index in [-0.39, 0.29) is 6.04 Å². The van der Waals surface area contributed by atoms with Gasteiger partial charge in [-0.3, -0.25) is 10.8 Å². The Morgan fingerprint density at radius 2 is 2.29 bits per heavy atom. The van der Waals surface area contributed by atoms with Crippen LogP contribution >= 0.6 is 11.3 Å². The number of nitrogens with one attached hydrogen (secondary N) is 1. The van der Waals surface area contributed by atoms with E-state index in [1.807, 2.05) is 36.7 Å². The topological polar surface area (TPSA) is 60.2 Å². The molecule has 0 bridgehead atoms. The van der Waals surface area contributed by atoms with Gasteiger partial charge in [-0.05, 0) is 24.6 Å². The van der Waals surface area contributed by atoms with E-state index in [0.717, 1.165) is 21.9 Å². The molecule has 4 nitrogen and oxygen atoms in total. The average molecular weight is 249 g/mol. The fourth-order valence-corrected chi connectivity index (χ4v) is 2.53. The first-order valence-electron chi connectivity index (χ1n) is 5.25. The van der Waals surface area contributed by atoms with Crippen molar-refractivity contribution in [3.05, 3.63) is 45.9 Å². The highest BCUT2D eigenvalue weighted by Crippen LogP contribution is 2.30. The summed E-state index contributed by atoms with van der Waals surface area (Å²) in [5.41, 5.74) is 4.84. The molecule has 0 amide bonds. The highest BCUT2D eigenvalue weighted by atomic mass is 32.1. The Hall–Kier alpha value is -1.43. The molecule has 0 aliphatic heterocycles. The zero-order chi connectivity index (χ0) is 12.3. The van der Waals surface area contributed by atoms with Crippen LogP contribution in [0.15, 0.2) is 29.8 Å². The number of hydrogen-bond donors (Lipinski definition) is 2. The molecule has 0 aliphatic rings. The molecule has 0 aliphatic carbocycles. The molecule has 2 rings (SSSR count). The van der Waals surface area contributed by atoms with Crippen molar-refractivity contribution in [2.75, 3.05) is 7.11 Å². The summed E-state index contributed by atoms with van der Waals surface area (Å²) in [5, 5.41) is 1.96. The van der Waals surface area contributed by atoms with Crippen LogP contribution in [-0.4, -0.2) is 12.1 Å². The van der Waals surface area contributed by atoms with Crippen molar-refractivity contribution in [2.24, 2.45) is 5.84 Å². The first-order chi connectivity index (χ1) is 8.24. The first kappa shape index (κ1) is 12.0. The molecule has 1 atom stereocenters. The Bertz CT molecular complexity index is 481. The van der Waals surface area contributed by atoms with Crippen LogP contribution in [0.4, 0.5) is 0 Å². The smallest absolute Gasteiger partial charge is 0.129 e. The molecule has 5 heteroatoms. The van der Waals surface area contributed by atoms with Gasteiger partial charge in [-0.25, -0.2) is 5.43 Å². The molecular formula is C12H15N3OS. The molecule has 90 valence electrons. The minimum atomic E-state index is -0.0444. The predicted molar refractivity (Wildman–Crippen MR) is 69.0 cm³/mol. The van der Waals surface area contributed by atoms with Crippen molar-refractivity contribution in [3.8, 4) is 5.75 Å². The van der Waals surface area contributed by atoms with Crippen molar-refractivity contribution >= 4 is 11.3 Å². The van der Waals surface area contributed by atoms with Crippen molar-refractivity contribution in [3.63, 3.8) is 0 Å². The number of ether oxygens (including phenoxy) is 1. The molecule has 0 fully saturated rings. The molecule has 0 radical (unpaired) electrons. The largest absolute Gasteiger partial charge is 0.496 e. The van der Waals surface area contributed by atoms with Crippen LogP contribution < -0.4 is 16.0 Å². The second-order valence-electron chi connectivity index (χ2n) is 3.72. The number of methoxy groups -OCH3 is 1. The van der Waals surface area contributed by atoms with E-state index in [4.69, 9.17) is 10.6 Å². The second-order valence-corrected chi connectivity index (χ2v) is 4.66. The van der Waals surface area contributed by atoms with Gasteiger partial charge in [0.1, 0.15) is 5.75 Å². The molecule has 3 N–H and O–H groups in total. The fourth-order valence-electron chi connectivity index (χ4n) is 1.59. The quantitative estimate of drug-likeness (QED) is 0.643. The molecule has 0 spiro atoms. The normalized spacial score (nSPS) is 12.4. The fraction of sp³-hybridized carbons (Fsp3) is 0.250. The van der Waals surface area contributed by atoms with Crippen molar-refractivity contribution < 1.29 is 4.74 Å². The third kappa shape index (κ3) is 2.63. The predicted octanol–water partition coefficient (Wildman–Crippen LogP) is 2.01. The lowest BCUT2D eigenvalue weighted by atomic mass is 10.1. The van der Waals surface area contributed by atoms with Gasteiger partial charge in [-0.15, -0.1) is 11.3 Å². The molecule has 0 saturated heterocycles. The maximum absolute atomic E-state index is 5.61. The maximum Gasteiger partial charge on any atom is 0.129 e. The maximum atomic E-state index is 5.61. The van der Waals surface area contributed by atoms with E-state index in [0.29, 0.717) is 0 Å². The van der Waals surface area contributed by atoms with Crippen LogP contribution in [0.1, 0.15) is 22.2 Å². The SMILES string of the molecule is COc1csc(C(NN)c2ccc(C)nc2)c1. The summed E-state index contributed by atoms with van der Waals surface area (Å²) in [6.45, 7) is 1.96. The number of aromatic nitrogens is 1. The summed E-state index contributed by atoms with van der Waals surface area (Å²) in [4.78, 5) is 5.38. The Labute approximate surface area is 104 Å². The van der Waals surface area contributed by atoms with Gasteiger partial charge in [0.2, 0.25) is 0 Å². The zero-order valence-electron chi connectivity index (χ0n) is 9.81. The molecular weight excluding hydrogens is 234 g/mol. The summed E-state index contributed by atoms with van der Waals surface area (Å²) >= 11 is 1.61. The average Bonchev–Trinajstić information content (AvgIpc) is 2.81. The summed E-state index contributed by atoms with van der Waals surface area (Å²) in [6, 6.07) is 5.94. The molecule has 2 heterocycles. The first-order valence-corrected chi connectivity index (χ1v) is 6.13. The van der Waals surface area contributed by atoms with Crippen LogP contribution in [0, 0.1) is 6.92 Å². The molecule has 2 aromatic rings. The minimum Gasteiger partial charge on any atom is -0.496 e. The number of pyridine rings is 1. The van der Waals surface area contributed by atoms with Crippen molar-refractivity contribution in [1.82, 2.24) is 10.4 Å². The highest BCUT2D eigenvalue weighted by molar-refractivity contribution is 7.10. The standard InChI is InChI=1S/C12H15N3OS/c1-8-3-4-9(6-14-8)12(15-13)11-5-10(16-2)7-17-11/h3-7,12,15H,13H2,1-2H3. The Morgan fingerprint density at radius 1 is 1.47 bits per heavy atom. The van der Waals surface area contributed by atoms with Gasteiger partial charge in [0.25, 0.3) is 0 Å². The third-order valence-corrected chi connectivity index (χ3v) is 3.53. The number of aryl methyl sites for hydroxylation is 1. The molecule has 2 aromatic heterocycles. The van der Waals surface area contributed by atoms with Crippen LogP contribution in [0.2, 0.25) is 0 Å². The second kappa shape index (κ2) is 5.27. The lowest BCUT2D eigenvalue weighted by molar-refractivity contribution is 0.416. The number of thiophene rings is 1. The number of hydrazine groups is 1. The van der Waals surface area contributed by atoms with E-state index < -0.39 is 0 Å². The molecule has 0 saturated carbocycles. The monoisotopic (exact) mass is 249 g/mol. The molecule has 17 heavy (non-hydrogen) atoms. The van der Waals surface area contributed by atoms with Gasteiger partial charge in [-0.2, -0.15) is 0 Å². The van der Waals surface area contributed by atoms with Crippen LogP contribution in [0.5, 0.6) is 5.75 Å². The van der Waals surface area contributed by atoms with E-state index in [1.54, 1.807) is 18.4 Å². The van der Waals surface area contributed by atoms with E-state index in [2.05, 4.69) is 10.4 Å². The van der Waals surface area contributed by atoms with E-state index in [1.165, 1.54) is 0 Å². The summed E-state index contributed by atoms with van der Waals surface area (Å²) < 4.78 is 5.17. The lowest BCUT2D eigenvalue weighted by Gasteiger charge is -2.14. The highest BCUT2D eigenvalue weighted by Gasteiger charge is 2.15. The zero-order valence-corrected chi connectivity index (χ0v) is 10.6. The van der Waals surface area contributed by atoms with Crippen LogP contribution in [-0.2, 0) is 0 Å². The summed E-state index contributed by atoms with van der Waals surface area (Å²) in [5.74, 6) is 6.47. The van der Waals surface area contributed by atoms with E-state index >= 15 is 0 Å². The van der Waals surface area contributed by atoms with Gasteiger partial charge < -0.3 is 4.74 Å². The Morgan fingerprint density at radius 3 is 2.82 bits per heavy atom. The van der Waals surface area contributed by atoms with Crippen molar-refractivity contribution in [2.45, 2.75) is 13.0 Å². The van der Waals surface area contributed by atoms with Crippen molar-refractivity contribution in [1.29, 1.82) is 0 Å². The number of rotatable bonds is 4. The summed E-state index contributed by atoms with van der Waals surface area (Å²) in [6.07, 6.45) is 1.84. The van der Waals surface area contributed by atoms with Crippen LogP contribution in [0.3, 0.4) is 0 Å².